The summed E-state index contributed by atoms with van der Waals surface area (Å²) in [6, 6.07) is 9.21. The van der Waals surface area contributed by atoms with Gasteiger partial charge in [-0.05, 0) is 74.3 Å². The fourth-order valence-corrected chi connectivity index (χ4v) is 4.62. The zero-order chi connectivity index (χ0) is 28.0. The summed E-state index contributed by atoms with van der Waals surface area (Å²) < 4.78 is 11.4. The van der Waals surface area contributed by atoms with Crippen LogP contribution in [0.15, 0.2) is 42.0 Å². The standard InChI is InChI=1S/C30H40N2O6/c1-7-31(8-2)14-15-32-27(21-10-13-24(33)25(17-21)37-9-3)26(29(35)30(32)36)28(34)23-12-11-22(16-20(23)6)38-18-19(4)5/h10-13,16-17,19,27,33-34H,7-9,14-15,18H2,1-6H3/b28-26+/t27-/m1/s1. The molecule has 0 unspecified atom stereocenters. The summed E-state index contributed by atoms with van der Waals surface area (Å²) >= 11 is 0. The van der Waals surface area contributed by atoms with Gasteiger partial charge in [0.1, 0.15) is 11.5 Å². The van der Waals surface area contributed by atoms with Gasteiger partial charge in [0.05, 0.1) is 24.8 Å². The Labute approximate surface area is 225 Å². The van der Waals surface area contributed by atoms with Crippen LogP contribution in [-0.2, 0) is 9.59 Å². The molecule has 1 amide bonds. The first-order chi connectivity index (χ1) is 18.1. The zero-order valence-electron chi connectivity index (χ0n) is 23.3. The molecular weight excluding hydrogens is 484 g/mol. The molecule has 206 valence electrons. The Kier molecular flexibility index (Phi) is 9.80. The summed E-state index contributed by atoms with van der Waals surface area (Å²) in [5, 5.41) is 21.8. The number of amides is 1. The highest BCUT2D eigenvalue weighted by Gasteiger charge is 2.46. The molecule has 0 bridgehead atoms. The number of aryl methyl sites for hydroxylation is 1. The molecule has 8 nitrogen and oxygen atoms in total. The Morgan fingerprint density at radius 3 is 2.37 bits per heavy atom. The number of aliphatic hydroxyl groups excluding tert-OH is 1. The third kappa shape index (κ3) is 6.30. The minimum atomic E-state index is -0.832. The normalized spacial score (nSPS) is 17.1. The number of carbonyl (C=O) groups excluding carboxylic acids is 2. The number of rotatable bonds is 12. The maximum Gasteiger partial charge on any atom is 0.295 e. The van der Waals surface area contributed by atoms with Gasteiger partial charge >= 0.3 is 0 Å². The predicted molar refractivity (Wildman–Crippen MR) is 148 cm³/mol. The number of aromatic hydroxyl groups is 1. The molecule has 3 rings (SSSR count). The molecule has 1 aliphatic heterocycles. The number of likely N-dealkylation sites (tertiary alicyclic amines) is 1. The number of phenols is 1. The molecule has 1 heterocycles. The minimum absolute atomic E-state index is 0.0154. The van der Waals surface area contributed by atoms with Crippen molar-refractivity contribution in [3.63, 3.8) is 0 Å². The summed E-state index contributed by atoms with van der Waals surface area (Å²) in [4.78, 5) is 30.4. The maximum absolute atomic E-state index is 13.4. The Balaban J connectivity index is 2.12. The van der Waals surface area contributed by atoms with Gasteiger partial charge < -0.3 is 29.5 Å². The van der Waals surface area contributed by atoms with Crippen molar-refractivity contribution < 1.29 is 29.3 Å². The summed E-state index contributed by atoms with van der Waals surface area (Å²) in [5.41, 5.74) is 1.76. The lowest BCUT2D eigenvalue weighted by atomic mass is 9.93. The lowest BCUT2D eigenvalue weighted by molar-refractivity contribution is -0.140. The van der Waals surface area contributed by atoms with Crippen molar-refractivity contribution in [3.05, 3.63) is 58.7 Å². The molecule has 0 aliphatic carbocycles. The second kappa shape index (κ2) is 12.8. The van der Waals surface area contributed by atoms with Crippen LogP contribution in [0.2, 0.25) is 0 Å². The van der Waals surface area contributed by atoms with Gasteiger partial charge in [-0.25, -0.2) is 0 Å². The topological polar surface area (TPSA) is 99.5 Å². The minimum Gasteiger partial charge on any atom is -0.507 e. The Hall–Kier alpha value is -3.52. The third-order valence-electron chi connectivity index (χ3n) is 6.73. The van der Waals surface area contributed by atoms with Crippen LogP contribution in [0.5, 0.6) is 17.2 Å². The molecular formula is C30H40N2O6. The van der Waals surface area contributed by atoms with Crippen LogP contribution >= 0.6 is 0 Å². The fourth-order valence-electron chi connectivity index (χ4n) is 4.62. The molecule has 1 aliphatic rings. The number of aliphatic hydroxyl groups is 1. The van der Waals surface area contributed by atoms with E-state index < -0.39 is 17.7 Å². The van der Waals surface area contributed by atoms with Gasteiger partial charge in [-0.15, -0.1) is 0 Å². The largest absolute Gasteiger partial charge is 0.507 e. The number of Topliss-reactive ketones (excluding diaryl/α,β-unsaturated/α-hetero) is 1. The average Bonchev–Trinajstić information content (AvgIpc) is 3.14. The highest BCUT2D eigenvalue weighted by atomic mass is 16.5. The van der Waals surface area contributed by atoms with Crippen molar-refractivity contribution in [2.24, 2.45) is 5.92 Å². The van der Waals surface area contributed by atoms with Crippen molar-refractivity contribution in [1.29, 1.82) is 0 Å². The number of benzene rings is 2. The summed E-state index contributed by atoms with van der Waals surface area (Å²) in [5.74, 6) is -0.392. The van der Waals surface area contributed by atoms with Crippen LogP contribution in [-0.4, -0.2) is 71.1 Å². The van der Waals surface area contributed by atoms with Crippen molar-refractivity contribution in [3.8, 4) is 17.2 Å². The van der Waals surface area contributed by atoms with Crippen LogP contribution in [0.25, 0.3) is 5.76 Å². The molecule has 1 atom stereocenters. The number of likely N-dealkylation sites (N-methyl/N-ethyl adjacent to an activating group) is 1. The van der Waals surface area contributed by atoms with Crippen LogP contribution in [0.4, 0.5) is 0 Å². The van der Waals surface area contributed by atoms with E-state index in [1.807, 2.05) is 26.8 Å². The Morgan fingerprint density at radius 2 is 1.76 bits per heavy atom. The first-order valence-electron chi connectivity index (χ1n) is 13.3. The first kappa shape index (κ1) is 29.0. The van der Waals surface area contributed by atoms with E-state index in [0.717, 1.165) is 18.7 Å². The van der Waals surface area contributed by atoms with Gasteiger partial charge in [-0.1, -0.05) is 33.8 Å². The second-order valence-corrected chi connectivity index (χ2v) is 9.86. The van der Waals surface area contributed by atoms with E-state index >= 15 is 0 Å². The monoisotopic (exact) mass is 524 g/mol. The van der Waals surface area contributed by atoms with Gasteiger partial charge in [0.25, 0.3) is 11.7 Å². The van der Waals surface area contributed by atoms with E-state index in [1.165, 1.54) is 11.0 Å². The van der Waals surface area contributed by atoms with E-state index in [-0.39, 0.29) is 22.8 Å². The maximum atomic E-state index is 13.4. The summed E-state index contributed by atoms with van der Waals surface area (Å²) in [7, 11) is 0. The average molecular weight is 525 g/mol. The number of ether oxygens (including phenoxy) is 2. The zero-order valence-corrected chi connectivity index (χ0v) is 23.3. The summed E-state index contributed by atoms with van der Waals surface area (Å²) in [6.07, 6.45) is 0. The van der Waals surface area contributed by atoms with E-state index in [0.29, 0.717) is 49.1 Å². The molecule has 0 radical (unpaired) electrons. The van der Waals surface area contributed by atoms with Crippen LogP contribution in [0.1, 0.15) is 57.4 Å². The van der Waals surface area contributed by atoms with Gasteiger partial charge in [-0.3, -0.25) is 9.59 Å². The third-order valence-corrected chi connectivity index (χ3v) is 6.73. The quantitative estimate of drug-likeness (QED) is 0.231. The second-order valence-electron chi connectivity index (χ2n) is 9.86. The molecule has 8 heteroatoms. The highest BCUT2D eigenvalue weighted by molar-refractivity contribution is 6.46. The number of ketones is 1. The number of hydrogen-bond donors (Lipinski definition) is 2. The van der Waals surface area contributed by atoms with Gasteiger partial charge in [0.2, 0.25) is 0 Å². The summed E-state index contributed by atoms with van der Waals surface area (Å²) in [6.45, 7) is 15.2. The number of phenolic OH excluding ortho intramolecular Hbond substituents is 1. The van der Waals surface area contributed by atoms with E-state index in [4.69, 9.17) is 9.47 Å². The molecule has 0 spiro atoms. The number of nitrogens with zero attached hydrogens (tertiary/aromatic N) is 2. The van der Waals surface area contributed by atoms with E-state index in [1.54, 1.807) is 31.2 Å². The molecule has 2 N–H and O–H groups in total. The SMILES string of the molecule is CCOc1cc([C@@H]2/C(=C(\O)c3ccc(OCC(C)C)cc3C)C(=O)C(=O)N2CCN(CC)CC)ccc1O. The molecule has 0 aromatic heterocycles. The Morgan fingerprint density at radius 1 is 1.05 bits per heavy atom. The molecule has 1 fully saturated rings. The van der Waals surface area contributed by atoms with Crippen LogP contribution < -0.4 is 9.47 Å². The van der Waals surface area contributed by atoms with Gasteiger partial charge in [0, 0.05) is 18.7 Å². The highest BCUT2D eigenvalue weighted by Crippen LogP contribution is 2.42. The van der Waals surface area contributed by atoms with Gasteiger partial charge in [0.15, 0.2) is 11.5 Å². The molecule has 0 saturated carbocycles. The van der Waals surface area contributed by atoms with E-state index in [2.05, 4.69) is 18.7 Å². The number of carbonyl (C=O) groups is 2. The van der Waals surface area contributed by atoms with Crippen molar-refractivity contribution in [1.82, 2.24) is 9.80 Å². The van der Waals surface area contributed by atoms with Crippen LogP contribution in [0.3, 0.4) is 0 Å². The van der Waals surface area contributed by atoms with Crippen molar-refractivity contribution in [2.45, 2.75) is 47.6 Å². The predicted octanol–water partition coefficient (Wildman–Crippen LogP) is 4.90. The van der Waals surface area contributed by atoms with Crippen LogP contribution in [0, 0.1) is 12.8 Å². The molecule has 38 heavy (non-hydrogen) atoms. The van der Waals surface area contributed by atoms with Gasteiger partial charge in [-0.2, -0.15) is 0 Å². The molecule has 2 aromatic carbocycles. The number of hydrogen-bond acceptors (Lipinski definition) is 7. The lowest BCUT2D eigenvalue weighted by Crippen LogP contribution is -2.38. The molecule has 2 aromatic rings. The molecule has 1 saturated heterocycles. The smallest absolute Gasteiger partial charge is 0.295 e. The van der Waals surface area contributed by atoms with E-state index in [9.17, 15) is 19.8 Å². The Bertz CT molecular complexity index is 1190. The van der Waals surface area contributed by atoms with Crippen molar-refractivity contribution in [2.75, 3.05) is 39.4 Å². The van der Waals surface area contributed by atoms with Crippen molar-refractivity contribution >= 4 is 17.4 Å². The lowest BCUT2D eigenvalue weighted by Gasteiger charge is -2.28. The fraction of sp³-hybridized carbons (Fsp3) is 0.467. The first-order valence-corrected chi connectivity index (χ1v) is 13.3.